The highest BCUT2D eigenvalue weighted by atomic mass is 16.5. The lowest BCUT2D eigenvalue weighted by Gasteiger charge is -2.34. The van der Waals surface area contributed by atoms with E-state index in [0.717, 1.165) is 75.0 Å². The number of guanidine groups is 1. The van der Waals surface area contributed by atoms with E-state index in [-0.39, 0.29) is 0 Å². The molecule has 0 amide bonds. The molecule has 8 heteroatoms. The molecule has 158 valence electrons. The maximum absolute atomic E-state index is 5.97. The van der Waals surface area contributed by atoms with Crippen LogP contribution in [0, 0.1) is 0 Å². The summed E-state index contributed by atoms with van der Waals surface area (Å²) in [5.74, 6) is 1.74. The smallest absolute Gasteiger partial charge is 0.194 e. The van der Waals surface area contributed by atoms with Gasteiger partial charge in [0.05, 0.1) is 12.6 Å². The molecular formula is C21H32N6O2. The molecule has 2 aromatic rings. The second kappa shape index (κ2) is 11.5. The van der Waals surface area contributed by atoms with Crippen molar-refractivity contribution in [2.45, 2.75) is 38.8 Å². The largest absolute Gasteiger partial charge is 0.385 e. The lowest BCUT2D eigenvalue weighted by molar-refractivity contribution is 0.00990. The van der Waals surface area contributed by atoms with Gasteiger partial charge in [0.1, 0.15) is 6.33 Å². The van der Waals surface area contributed by atoms with Crippen molar-refractivity contribution >= 4 is 5.96 Å². The normalized spacial score (nSPS) is 15.7. The fraction of sp³-hybridized carbons (Fsp3) is 0.571. The van der Waals surface area contributed by atoms with Gasteiger partial charge in [-0.3, -0.25) is 5.10 Å². The van der Waals surface area contributed by atoms with Gasteiger partial charge in [0.2, 0.25) is 0 Å². The molecule has 0 bridgehead atoms. The maximum atomic E-state index is 5.97. The van der Waals surface area contributed by atoms with E-state index in [4.69, 9.17) is 14.5 Å². The number of piperidine rings is 1. The molecule has 0 aliphatic carbocycles. The van der Waals surface area contributed by atoms with E-state index in [2.05, 4.69) is 44.5 Å². The van der Waals surface area contributed by atoms with Crippen molar-refractivity contribution in [2.75, 3.05) is 40.0 Å². The average molecular weight is 401 g/mol. The zero-order chi connectivity index (χ0) is 20.3. The zero-order valence-corrected chi connectivity index (χ0v) is 17.4. The Balaban J connectivity index is 1.55. The third kappa shape index (κ3) is 6.54. The Morgan fingerprint density at radius 3 is 2.90 bits per heavy atom. The van der Waals surface area contributed by atoms with E-state index in [0.29, 0.717) is 12.6 Å². The van der Waals surface area contributed by atoms with E-state index in [1.807, 2.05) is 12.1 Å². The number of rotatable bonds is 9. The number of aromatic amines is 1. The van der Waals surface area contributed by atoms with Crippen LogP contribution >= 0.6 is 0 Å². The molecule has 0 radical (unpaired) electrons. The number of likely N-dealkylation sites (tertiary alicyclic amines) is 1. The van der Waals surface area contributed by atoms with Gasteiger partial charge in [0.25, 0.3) is 0 Å². The fourth-order valence-corrected chi connectivity index (χ4v) is 3.44. The molecule has 0 atom stereocenters. The standard InChI is InChI=1S/C21H32N6O2/c1-3-22-21(27-10-8-19(9-11-27)29-13-5-12-28-2)23-15-17-6-4-7-18(14-17)20-24-16-25-26-20/h4,6-7,14,16,19H,3,5,8-13,15H2,1-2H3,(H,22,23)(H,24,25,26). The molecule has 1 aromatic carbocycles. The van der Waals surface area contributed by atoms with E-state index in [1.165, 1.54) is 6.33 Å². The summed E-state index contributed by atoms with van der Waals surface area (Å²) in [4.78, 5) is 11.4. The van der Waals surface area contributed by atoms with Crippen LogP contribution in [0.5, 0.6) is 0 Å². The van der Waals surface area contributed by atoms with Crippen LogP contribution < -0.4 is 5.32 Å². The molecule has 29 heavy (non-hydrogen) atoms. The van der Waals surface area contributed by atoms with Gasteiger partial charge in [-0.05, 0) is 37.8 Å². The molecule has 1 saturated heterocycles. The third-order valence-corrected chi connectivity index (χ3v) is 4.95. The van der Waals surface area contributed by atoms with E-state index < -0.39 is 0 Å². The van der Waals surface area contributed by atoms with Crippen molar-refractivity contribution in [1.82, 2.24) is 25.4 Å². The maximum Gasteiger partial charge on any atom is 0.194 e. The highest BCUT2D eigenvalue weighted by Crippen LogP contribution is 2.17. The van der Waals surface area contributed by atoms with Crippen LogP contribution in [0.2, 0.25) is 0 Å². The number of aliphatic imine (C=N–C) groups is 1. The van der Waals surface area contributed by atoms with Crippen LogP contribution in [0.3, 0.4) is 0 Å². The third-order valence-electron chi connectivity index (χ3n) is 4.95. The summed E-state index contributed by atoms with van der Waals surface area (Å²) in [7, 11) is 1.73. The van der Waals surface area contributed by atoms with Crippen LogP contribution in [-0.4, -0.2) is 72.1 Å². The number of hydrogen-bond acceptors (Lipinski definition) is 5. The molecule has 0 saturated carbocycles. The molecule has 2 N–H and O–H groups in total. The second-order valence-electron chi connectivity index (χ2n) is 7.11. The number of nitrogens with zero attached hydrogens (tertiary/aromatic N) is 4. The molecule has 2 heterocycles. The summed E-state index contributed by atoms with van der Waals surface area (Å²) < 4.78 is 11.0. The monoisotopic (exact) mass is 400 g/mol. The number of aromatic nitrogens is 3. The first-order valence-corrected chi connectivity index (χ1v) is 10.4. The molecule has 3 rings (SSSR count). The van der Waals surface area contributed by atoms with Crippen molar-refractivity contribution in [2.24, 2.45) is 4.99 Å². The Hall–Kier alpha value is -2.45. The van der Waals surface area contributed by atoms with Crippen molar-refractivity contribution in [3.8, 4) is 11.4 Å². The first kappa shape index (κ1) is 21.3. The molecule has 1 aliphatic heterocycles. The minimum absolute atomic E-state index is 0.338. The second-order valence-corrected chi connectivity index (χ2v) is 7.11. The number of methoxy groups -OCH3 is 1. The Morgan fingerprint density at radius 2 is 2.17 bits per heavy atom. The number of benzene rings is 1. The van der Waals surface area contributed by atoms with Crippen molar-refractivity contribution in [3.63, 3.8) is 0 Å². The predicted octanol–water partition coefficient (Wildman–Crippen LogP) is 2.45. The lowest BCUT2D eigenvalue weighted by atomic mass is 10.1. The number of hydrogen-bond donors (Lipinski definition) is 2. The molecule has 1 fully saturated rings. The number of nitrogens with one attached hydrogen (secondary N) is 2. The molecule has 1 aliphatic rings. The highest BCUT2D eigenvalue weighted by molar-refractivity contribution is 5.80. The summed E-state index contributed by atoms with van der Waals surface area (Å²) >= 11 is 0. The lowest BCUT2D eigenvalue weighted by Crippen LogP contribution is -2.47. The summed E-state index contributed by atoms with van der Waals surface area (Å²) in [6, 6.07) is 8.25. The topological polar surface area (TPSA) is 87.7 Å². The highest BCUT2D eigenvalue weighted by Gasteiger charge is 2.21. The number of H-pyrrole nitrogens is 1. The van der Waals surface area contributed by atoms with Gasteiger partial charge in [0.15, 0.2) is 11.8 Å². The summed E-state index contributed by atoms with van der Waals surface area (Å²) in [5.41, 5.74) is 2.16. The zero-order valence-electron chi connectivity index (χ0n) is 17.4. The van der Waals surface area contributed by atoms with Gasteiger partial charge in [-0.15, -0.1) is 0 Å². The van der Waals surface area contributed by atoms with Crippen LogP contribution in [0.4, 0.5) is 0 Å². The van der Waals surface area contributed by atoms with Gasteiger partial charge in [-0.1, -0.05) is 18.2 Å². The minimum Gasteiger partial charge on any atom is -0.385 e. The molecule has 1 aromatic heterocycles. The van der Waals surface area contributed by atoms with E-state index in [1.54, 1.807) is 7.11 Å². The van der Waals surface area contributed by atoms with Crippen molar-refractivity contribution in [3.05, 3.63) is 36.2 Å². The van der Waals surface area contributed by atoms with Gasteiger partial charge in [0, 0.05) is 45.5 Å². The summed E-state index contributed by atoms with van der Waals surface area (Å²) in [5, 5.41) is 10.3. The minimum atomic E-state index is 0.338. The van der Waals surface area contributed by atoms with Gasteiger partial charge >= 0.3 is 0 Å². The van der Waals surface area contributed by atoms with Gasteiger partial charge in [-0.25, -0.2) is 9.98 Å². The fourth-order valence-electron chi connectivity index (χ4n) is 3.44. The summed E-state index contributed by atoms with van der Waals surface area (Å²) in [6.07, 6.45) is 4.86. The Morgan fingerprint density at radius 1 is 1.31 bits per heavy atom. The Bertz CT molecular complexity index is 741. The van der Waals surface area contributed by atoms with Gasteiger partial charge < -0.3 is 19.7 Å². The van der Waals surface area contributed by atoms with Crippen LogP contribution in [0.25, 0.3) is 11.4 Å². The molecule has 8 nitrogen and oxygen atoms in total. The van der Waals surface area contributed by atoms with Gasteiger partial charge in [-0.2, -0.15) is 5.10 Å². The molecular weight excluding hydrogens is 368 g/mol. The van der Waals surface area contributed by atoms with Crippen molar-refractivity contribution < 1.29 is 9.47 Å². The summed E-state index contributed by atoms with van der Waals surface area (Å²) in [6.45, 7) is 7.02. The van der Waals surface area contributed by atoms with Crippen molar-refractivity contribution in [1.29, 1.82) is 0 Å². The molecule has 0 spiro atoms. The van der Waals surface area contributed by atoms with Crippen LogP contribution in [0.1, 0.15) is 31.7 Å². The SMILES string of the molecule is CCNC(=NCc1cccc(-c2ncn[nH]2)c1)N1CCC(OCCCOC)CC1. The van der Waals surface area contributed by atoms with E-state index >= 15 is 0 Å². The van der Waals surface area contributed by atoms with Crippen LogP contribution in [-0.2, 0) is 16.0 Å². The van der Waals surface area contributed by atoms with Crippen LogP contribution in [0.15, 0.2) is 35.6 Å². The average Bonchev–Trinajstić information content (AvgIpc) is 3.30. The first-order chi connectivity index (χ1) is 14.3. The molecule has 0 unspecified atom stereocenters. The Kier molecular flexibility index (Phi) is 8.45. The first-order valence-electron chi connectivity index (χ1n) is 10.4. The predicted molar refractivity (Wildman–Crippen MR) is 114 cm³/mol. The quantitative estimate of drug-likeness (QED) is 0.382. The Labute approximate surface area is 172 Å². The van der Waals surface area contributed by atoms with E-state index in [9.17, 15) is 0 Å². The number of ether oxygens (including phenoxy) is 2.